The molecule has 0 N–H and O–H groups in total. The van der Waals surface area contributed by atoms with E-state index in [0.29, 0.717) is 22.8 Å². The van der Waals surface area contributed by atoms with Crippen LogP contribution in [0.3, 0.4) is 0 Å². The molecule has 0 fully saturated rings. The zero-order valence-corrected chi connectivity index (χ0v) is 36.5. The molecule has 0 saturated carbocycles. The normalized spacial score (nSPS) is 11.5. The molecule has 6 nitrogen and oxygen atoms in total. The van der Waals surface area contributed by atoms with Crippen LogP contribution in [-0.4, -0.2) is 19.9 Å². The molecule has 9 aromatic carbocycles. The fourth-order valence-corrected chi connectivity index (χ4v) is 9.43. The van der Waals surface area contributed by atoms with Crippen LogP contribution in [0.15, 0.2) is 239 Å². The highest BCUT2D eigenvalue weighted by Crippen LogP contribution is 2.43. The fourth-order valence-electron chi connectivity index (χ4n) is 9.43. The minimum absolute atomic E-state index is 0.614. The minimum atomic E-state index is 0.614. The van der Waals surface area contributed by atoms with Crippen LogP contribution in [0.5, 0.6) is 0 Å². The van der Waals surface area contributed by atoms with Crippen LogP contribution in [0.1, 0.15) is 0 Å². The monoisotopic (exact) mass is 870 g/mol. The summed E-state index contributed by atoms with van der Waals surface area (Å²) in [6.07, 6.45) is 0. The van der Waals surface area contributed by atoms with Crippen molar-refractivity contribution in [2.45, 2.75) is 0 Å². The molecular formula is C62H38N4O2. The molecule has 0 unspecified atom stereocenters. The topological polar surface area (TPSA) is 77.8 Å². The molecule has 4 heterocycles. The van der Waals surface area contributed by atoms with Gasteiger partial charge in [-0.3, -0.25) is 0 Å². The summed E-state index contributed by atoms with van der Waals surface area (Å²) in [7, 11) is 0. The Labute approximate surface area is 391 Å². The number of furan rings is 2. The predicted molar refractivity (Wildman–Crippen MR) is 276 cm³/mol. The van der Waals surface area contributed by atoms with E-state index in [1.165, 1.54) is 0 Å². The molecule has 0 radical (unpaired) electrons. The van der Waals surface area contributed by atoms with Gasteiger partial charge in [0.2, 0.25) is 0 Å². The molecule has 0 atom stereocenters. The standard InChI is InChI=1S/C62H38N4O2/c1-3-16-39(17-4-1)41-30-34-43(35-31-41)55-59-58(52-27-12-14-29-54(52)67-59)66-62(64-55)50-25-10-9-24-49(50)48-23-8-7-22-47(48)45-20-15-21-46(38-45)56-60-57(51-26-11-13-28-53(51)68-60)65-61(63-56)44-36-32-42(33-37-44)40-18-5-2-6-19-40/h1-38H. The van der Waals surface area contributed by atoms with Gasteiger partial charge in [0.25, 0.3) is 0 Å². The number of para-hydroxylation sites is 2. The molecule has 0 bridgehead atoms. The molecule has 0 saturated heterocycles. The molecule has 68 heavy (non-hydrogen) atoms. The molecule has 0 aliphatic heterocycles. The maximum absolute atomic E-state index is 6.58. The van der Waals surface area contributed by atoms with Gasteiger partial charge in [0.15, 0.2) is 22.8 Å². The Bertz CT molecular complexity index is 4010. The smallest absolute Gasteiger partial charge is 0.180 e. The second-order valence-corrected chi connectivity index (χ2v) is 16.9. The van der Waals surface area contributed by atoms with Crippen LogP contribution in [0.4, 0.5) is 0 Å². The zero-order chi connectivity index (χ0) is 45.0. The lowest BCUT2D eigenvalue weighted by Gasteiger charge is -2.15. The average Bonchev–Trinajstić information content (AvgIpc) is 4.00. The first-order valence-corrected chi connectivity index (χ1v) is 22.7. The molecule has 13 rings (SSSR count). The third-order valence-electron chi connectivity index (χ3n) is 12.8. The summed E-state index contributed by atoms with van der Waals surface area (Å²) in [5.74, 6) is 1.25. The lowest BCUT2D eigenvalue weighted by Crippen LogP contribution is -1.97. The molecule has 318 valence electrons. The largest absolute Gasteiger partial charge is 0.452 e. The Kier molecular flexibility index (Phi) is 9.39. The maximum atomic E-state index is 6.58. The van der Waals surface area contributed by atoms with Gasteiger partial charge in [-0.1, -0.05) is 200 Å². The Balaban J connectivity index is 0.936. The van der Waals surface area contributed by atoms with Crippen molar-refractivity contribution in [1.82, 2.24) is 19.9 Å². The van der Waals surface area contributed by atoms with Gasteiger partial charge in [0.05, 0.1) is 0 Å². The van der Waals surface area contributed by atoms with E-state index in [9.17, 15) is 0 Å². The highest BCUT2D eigenvalue weighted by molar-refractivity contribution is 6.09. The summed E-state index contributed by atoms with van der Waals surface area (Å²) >= 11 is 0. The van der Waals surface area contributed by atoms with Crippen LogP contribution in [0.25, 0.3) is 134 Å². The quantitative estimate of drug-likeness (QED) is 0.151. The highest BCUT2D eigenvalue weighted by Gasteiger charge is 2.22. The van der Waals surface area contributed by atoms with Crippen LogP contribution in [0.2, 0.25) is 0 Å². The minimum Gasteiger partial charge on any atom is -0.452 e. The van der Waals surface area contributed by atoms with E-state index in [4.69, 9.17) is 28.8 Å². The van der Waals surface area contributed by atoms with Gasteiger partial charge in [0.1, 0.15) is 33.6 Å². The second kappa shape index (κ2) is 16.3. The van der Waals surface area contributed by atoms with E-state index < -0.39 is 0 Å². The van der Waals surface area contributed by atoms with Crippen LogP contribution < -0.4 is 0 Å². The summed E-state index contributed by atoms with van der Waals surface area (Å²) in [5, 5.41) is 1.89. The number of fused-ring (bicyclic) bond motifs is 6. The van der Waals surface area contributed by atoms with E-state index in [2.05, 4.69) is 182 Å². The van der Waals surface area contributed by atoms with Gasteiger partial charge < -0.3 is 8.83 Å². The molecular weight excluding hydrogens is 833 g/mol. The van der Waals surface area contributed by atoms with Gasteiger partial charge in [-0.25, -0.2) is 19.9 Å². The molecule has 0 aliphatic rings. The van der Waals surface area contributed by atoms with Gasteiger partial charge in [-0.05, 0) is 74.8 Å². The Morgan fingerprint density at radius 1 is 0.250 bits per heavy atom. The fraction of sp³-hybridized carbons (Fsp3) is 0. The third-order valence-corrected chi connectivity index (χ3v) is 12.8. The van der Waals surface area contributed by atoms with E-state index >= 15 is 0 Å². The number of nitrogens with zero attached hydrogens (tertiary/aromatic N) is 4. The van der Waals surface area contributed by atoms with Crippen molar-refractivity contribution in [3.63, 3.8) is 0 Å². The predicted octanol–water partition coefficient (Wildman–Crippen LogP) is 16.4. The number of hydrogen-bond donors (Lipinski definition) is 0. The number of benzene rings is 9. The number of aromatic nitrogens is 4. The van der Waals surface area contributed by atoms with Gasteiger partial charge in [-0.2, -0.15) is 0 Å². The Morgan fingerprint density at radius 2 is 0.647 bits per heavy atom. The summed E-state index contributed by atoms with van der Waals surface area (Å²) in [6.45, 7) is 0. The Hall–Kier alpha value is -9.26. The second-order valence-electron chi connectivity index (χ2n) is 16.9. The maximum Gasteiger partial charge on any atom is 0.180 e. The van der Waals surface area contributed by atoms with E-state index in [0.717, 1.165) is 111 Å². The van der Waals surface area contributed by atoms with Gasteiger partial charge in [-0.15, -0.1) is 0 Å². The summed E-state index contributed by atoms with van der Waals surface area (Å²) < 4.78 is 13.1. The van der Waals surface area contributed by atoms with Gasteiger partial charge in [0, 0.05) is 33.0 Å². The van der Waals surface area contributed by atoms with Crippen molar-refractivity contribution in [3.05, 3.63) is 231 Å². The van der Waals surface area contributed by atoms with Crippen molar-refractivity contribution in [2.75, 3.05) is 0 Å². The number of hydrogen-bond acceptors (Lipinski definition) is 6. The van der Waals surface area contributed by atoms with E-state index in [1.807, 2.05) is 48.5 Å². The van der Waals surface area contributed by atoms with E-state index in [1.54, 1.807) is 0 Å². The average molecular weight is 871 g/mol. The first kappa shape index (κ1) is 39.1. The van der Waals surface area contributed by atoms with Gasteiger partial charge >= 0.3 is 0 Å². The van der Waals surface area contributed by atoms with Crippen LogP contribution in [0, 0.1) is 0 Å². The lowest BCUT2D eigenvalue weighted by molar-refractivity contribution is 0.667. The van der Waals surface area contributed by atoms with Crippen molar-refractivity contribution in [3.8, 4) is 89.8 Å². The zero-order valence-electron chi connectivity index (χ0n) is 36.5. The molecule has 4 aromatic heterocycles. The van der Waals surface area contributed by atoms with E-state index in [-0.39, 0.29) is 0 Å². The van der Waals surface area contributed by atoms with Crippen molar-refractivity contribution in [2.24, 2.45) is 0 Å². The molecule has 0 amide bonds. The lowest BCUT2D eigenvalue weighted by atomic mass is 9.90. The first-order valence-electron chi connectivity index (χ1n) is 22.7. The van der Waals surface area contributed by atoms with Crippen molar-refractivity contribution < 1.29 is 8.83 Å². The highest BCUT2D eigenvalue weighted by atomic mass is 16.3. The Morgan fingerprint density at radius 3 is 1.25 bits per heavy atom. The summed E-state index contributed by atoms with van der Waals surface area (Å²) in [6, 6.07) is 79.4. The molecule has 0 spiro atoms. The van der Waals surface area contributed by atoms with Crippen LogP contribution in [-0.2, 0) is 0 Å². The SMILES string of the molecule is c1ccc(-c2ccc(-c3nc(-c4cccc(-c5ccccc5-c5ccccc5-c5nc(-c6ccc(-c7ccccc7)cc6)c6oc7ccccc7c6n5)c4)c4oc5ccccc5c4n3)cc2)cc1. The summed E-state index contributed by atoms with van der Waals surface area (Å²) in [5.41, 5.74) is 18.3. The molecule has 0 aliphatic carbocycles. The van der Waals surface area contributed by atoms with Crippen molar-refractivity contribution >= 4 is 44.1 Å². The summed E-state index contributed by atoms with van der Waals surface area (Å²) in [4.78, 5) is 21.1. The third kappa shape index (κ3) is 6.82. The van der Waals surface area contributed by atoms with Crippen LogP contribution >= 0.6 is 0 Å². The first-order chi connectivity index (χ1) is 33.7. The number of rotatable bonds is 8. The molecule has 6 heteroatoms. The van der Waals surface area contributed by atoms with Crippen molar-refractivity contribution in [1.29, 1.82) is 0 Å². The molecule has 13 aromatic rings.